The van der Waals surface area contributed by atoms with Crippen molar-refractivity contribution in [2.75, 3.05) is 0 Å². The first-order chi connectivity index (χ1) is 3.25. The predicted octanol–water partition coefficient (Wildman–Crippen LogP) is 4.26. The maximum atomic E-state index is 5.65. The summed E-state index contributed by atoms with van der Waals surface area (Å²) in [7, 11) is 0. The molecule has 0 aliphatic heterocycles. The van der Waals surface area contributed by atoms with E-state index in [0.717, 1.165) is 0 Å². The van der Waals surface area contributed by atoms with Crippen molar-refractivity contribution in [3.05, 3.63) is 0 Å². The van der Waals surface area contributed by atoms with E-state index < -0.39 is 5.32 Å². The van der Waals surface area contributed by atoms with Crippen molar-refractivity contribution >= 4 is 39.0 Å². The molecule has 4 heteroatoms. The zero-order valence-corrected chi connectivity index (χ0v) is 8.24. The first-order valence-corrected chi connectivity index (χ1v) is 6.73. The minimum atomic E-state index is -2.18. The van der Waals surface area contributed by atoms with E-state index >= 15 is 0 Å². The van der Waals surface area contributed by atoms with Crippen LogP contribution in [0.2, 0.25) is 0 Å². The molecule has 0 bridgehead atoms. The largest absolute Gasteiger partial charge is 0.312 e. The molecule has 0 saturated carbocycles. The SMILES string of the molecule is CC(C)(C)[P+](Cl)(Cl)Cl. The van der Waals surface area contributed by atoms with Crippen LogP contribution in [0.4, 0.5) is 0 Å². The van der Waals surface area contributed by atoms with Crippen LogP contribution in [-0.2, 0) is 0 Å². The van der Waals surface area contributed by atoms with E-state index in [-0.39, 0.29) is 5.16 Å². The zero-order valence-electron chi connectivity index (χ0n) is 5.08. The molecule has 0 aliphatic carbocycles. The summed E-state index contributed by atoms with van der Waals surface area (Å²) in [6.45, 7) is 5.77. The van der Waals surface area contributed by atoms with E-state index in [1.54, 1.807) is 0 Å². The Bertz CT molecular complexity index is 66.3. The molecule has 0 aromatic rings. The molecule has 8 heavy (non-hydrogen) atoms. The van der Waals surface area contributed by atoms with Gasteiger partial charge in [0.25, 0.3) is 0 Å². The van der Waals surface area contributed by atoms with Gasteiger partial charge >= 0.3 is 5.32 Å². The molecule has 0 radical (unpaired) electrons. The van der Waals surface area contributed by atoms with Gasteiger partial charge in [-0.15, -0.1) is 0 Å². The monoisotopic (exact) mass is 193 g/mol. The lowest BCUT2D eigenvalue weighted by Gasteiger charge is -2.15. The van der Waals surface area contributed by atoms with Crippen molar-refractivity contribution in [2.24, 2.45) is 0 Å². The second kappa shape index (κ2) is 2.50. The van der Waals surface area contributed by atoms with Gasteiger partial charge in [0.1, 0.15) is 38.9 Å². The van der Waals surface area contributed by atoms with Crippen molar-refractivity contribution < 1.29 is 0 Å². The van der Waals surface area contributed by atoms with E-state index in [4.69, 9.17) is 33.7 Å². The Balaban J connectivity index is 4.02. The minimum absolute atomic E-state index is 0.155. The quantitative estimate of drug-likeness (QED) is 0.505. The summed E-state index contributed by atoms with van der Waals surface area (Å²) in [5, 5.41) is -2.34. The molecule has 0 fully saturated rings. The summed E-state index contributed by atoms with van der Waals surface area (Å²) >= 11 is 17.0. The highest BCUT2D eigenvalue weighted by molar-refractivity contribution is 8.33. The van der Waals surface area contributed by atoms with E-state index in [9.17, 15) is 0 Å². The molecule has 0 saturated heterocycles. The molecule has 0 aliphatic rings. The Morgan fingerprint density at radius 3 is 1.12 bits per heavy atom. The van der Waals surface area contributed by atoms with Gasteiger partial charge in [0, 0.05) is 0 Å². The fourth-order valence-electron chi connectivity index (χ4n) is 0. The number of halogens is 3. The first kappa shape index (κ1) is 9.30. The number of rotatable bonds is 0. The molecule has 0 aromatic heterocycles. The van der Waals surface area contributed by atoms with Crippen LogP contribution in [-0.4, -0.2) is 5.16 Å². The second-order valence-electron chi connectivity index (χ2n) is 2.62. The molecular formula is C4H9Cl3P+. The van der Waals surface area contributed by atoms with Gasteiger partial charge in [-0.3, -0.25) is 0 Å². The van der Waals surface area contributed by atoms with E-state index in [0.29, 0.717) is 0 Å². The van der Waals surface area contributed by atoms with Crippen LogP contribution in [0.15, 0.2) is 0 Å². The lowest BCUT2D eigenvalue weighted by molar-refractivity contribution is 0.796. The maximum Gasteiger partial charge on any atom is 0.312 e. The van der Waals surface area contributed by atoms with Gasteiger partial charge in [-0.25, -0.2) is 0 Å². The topological polar surface area (TPSA) is 0 Å². The van der Waals surface area contributed by atoms with Gasteiger partial charge in [0.05, 0.1) is 0 Å². The predicted molar refractivity (Wildman–Crippen MR) is 44.2 cm³/mol. The van der Waals surface area contributed by atoms with Gasteiger partial charge in [-0.2, -0.15) is 0 Å². The highest BCUT2D eigenvalue weighted by atomic mass is 36.1. The van der Waals surface area contributed by atoms with Gasteiger partial charge < -0.3 is 0 Å². The average Bonchev–Trinajstić information content (AvgIpc) is 1.25. The molecular weight excluding hydrogens is 185 g/mol. The third-order valence-electron chi connectivity index (χ3n) is 0.761. The smallest absolute Gasteiger partial charge is 0.0216 e. The van der Waals surface area contributed by atoms with E-state index in [2.05, 4.69) is 0 Å². The summed E-state index contributed by atoms with van der Waals surface area (Å²) in [5.41, 5.74) is 0. The lowest BCUT2D eigenvalue weighted by Crippen LogP contribution is -2.08. The first-order valence-electron chi connectivity index (χ1n) is 2.23. The summed E-state index contributed by atoms with van der Waals surface area (Å²) in [6, 6.07) is 0. The normalized spacial score (nSPS) is 14.2. The van der Waals surface area contributed by atoms with Crippen molar-refractivity contribution in [1.82, 2.24) is 0 Å². The second-order valence-corrected chi connectivity index (χ2v) is 11.0. The van der Waals surface area contributed by atoms with Crippen molar-refractivity contribution in [3.63, 3.8) is 0 Å². The maximum absolute atomic E-state index is 5.65. The number of hydrogen-bond acceptors (Lipinski definition) is 0. The van der Waals surface area contributed by atoms with Crippen LogP contribution in [0.3, 0.4) is 0 Å². The Morgan fingerprint density at radius 2 is 1.12 bits per heavy atom. The molecule has 0 nitrogen and oxygen atoms in total. The molecule has 0 spiro atoms. The average molecular weight is 194 g/mol. The van der Waals surface area contributed by atoms with Gasteiger partial charge in [0.15, 0.2) is 0 Å². The summed E-state index contributed by atoms with van der Waals surface area (Å²) in [5.74, 6) is 0. The van der Waals surface area contributed by atoms with Crippen LogP contribution >= 0.6 is 39.0 Å². The fourth-order valence-corrected chi connectivity index (χ4v) is 0. The van der Waals surface area contributed by atoms with Crippen LogP contribution in [0, 0.1) is 0 Å². The van der Waals surface area contributed by atoms with Crippen LogP contribution in [0.1, 0.15) is 20.8 Å². The van der Waals surface area contributed by atoms with Crippen LogP contribution in [0.25, 0.3) is 0 Å². The number of hydrogen-bond donors (Lipinski definition) is 0. The Labute approximate surface area is 65.2 Å². The van der Waals surface area contributed by atoms with Crippen molar-refractivity contribution in [1.29, 1.82) is 0 Å². The van der Waals surface area contributed by atoms with Gasteiger partial charge in [-0.05, 0) is 20.8 Å². The van der Waals surface area contributed by atoms with E-state index in [1.807, 2.05) is 20.8 Å². The Kier molecular flexibility index (Phi) is 2.91. The highest BCUT2D eigenvalue weighted by Gasteiger charge is 2.47. The van der Waals surface area contributed by atoms with E-state index in [1.165, 1.54) is 0 Å². The standard InChI is InChI=1S/C4H9Cl3P/c1-4(2,3)8(5,6)7/h1-3H3/q+1. The lowest BCUT2D eigenvalue weighted by atomic mass is 10.3. The van der Waals surface area contributed by atoms with Crippen molar-refractivity contribution in [2.45, 2.75) is 25.9 Å². The molecule has 0 N–H and O–H groups in total. The third kappa shape index (κ3) is 2.73. The minimum Gasteiger partial charge on any atom is -0.0216 e. The molecule has 50 valence electrons. The van der Waals surface area contributed by atoms with Crippen LogP contribution < -0.4 is 0 Å². The van der Waals surface area contributed by atoms with Gasteiger partial charge in [0.2, 0.25) is 0 Å². The molecule has 0 atom stereocenters. The summed E-state index contributed by atoms with van der Waals surface area (Å²) < 4.78 is 0. The Hall–Kier alpha value is 1.30. The third-order valence-corrected chi connectivity index (χ3v) is 6.85. The summed E-state index contributed by atoms with van der Waals surface area (Å²) in [4.78, 5) is 0. The molecule has 0 amide bonds. The van der Waals surface area contributed by atoms with Crippen LogP contribution in [0.5, 0.6) is 0 Å². The Morgan fingerprint density at radius 1 is 1.00 bits per heavy atom. The fraction of sp³-hybridized carbons (Fsp3) is 1.00. The zero-order chi connectivity index (χ0) is 7.00. The molecule has 0 rings (SSSR count). The molecule has 0 aromatic carbocycles. The molecule has 0 unspecified atom stereocenters. The molecule has 0 heterocycles. The van der Waals surface area contributed by atoms with Gasteiger partial charge in [-0.1, -0.05) is 0 Å². The summed E-state index contributed by atoms with van der Waals surface area (Å²) in [6.07, 6.45) is 0. The highest BCUT2D eigenvalue weighted by Crippen LogP contribution is 2.81. The van der Waals surface area contributed by atoms with Crippen molar-refractivity contribution in [3.8, 4) is 0 Å².